The first-order valence-electron chi connectivity index (χ1n) is 4.64. The minimum atomic E-state index is -0.685. The number of esters is 1. The van der Waals surface area contributed by atoms with Gasteiger partial charge in [-0.15, -0.1) is 0 Å². The summed E-state index contributed by atoms with van der Waals surface area (Å²) < 4.78 is 7.76. The third-order valence-corrected chi connectivity index (χ3v) is 2.98. The number of carbonyl (C=O) groups excluding carboxylic acids is 1. The molecule has 0 unspecified atom stereocenters. The van der Waals surface area contributed by atoms with E-state index in [1.165, 1.54) is 19.1 Å². The van der Waals surface area contributed by atoms with Crippen LogP contribution < -0.4 is 4.72 Å². The molecule has 0 aromatic heterocycles. The molecule has 0 fully saturated rings. The van der Waals surface area contributed by atoms with Crippen LogP contribution in [0.3, 0.4) is 0 Å². The van der Waals surface area contributed by atoms with Gasteiger partial charge >= 0.3 is 5.97 Å². The van der Waals surface area contributed by atoms with Crippen molar-refractivity contribution < 1.29 is 9.53 Å². The van der Waals surface area contributed by atoms with Crippen LogP contribution in [0.2, 0.25) is 0 Å². The number of ether oxygens (including phenoxy) is 1. The van der Waals surface area contributed by atoms with Gasteiger partial charge in [0.15, 0.2) is 0 Å². The van der Waals surface area contributed by atoms with Gasteiger partial charge in [0.2, 0.25) is 0 Å². The molecular formula is C11H15NO2S. The van der Waals surface area contributed by atoms with Gasteiger partial charge in [0.1, 0.15) is 5.54 Å². The number of methoxy groups -OCH3 is 1. The lowest BCUT2D eigenvalue weighted by Crippen LogP contribution is -2.43. The summed E-state index contributed by atoms with van der Waals surface area (Å²) in [6.45, 7) is 3.57. The predicted molar refractivity (Wildman–Crippen MR) is 61.5 cm³/mol. The number of carbonyl (C=O) groups is 1. The Kier molecular flexibility index (Phi) is 4.17. The van der Waals surface area contributed by atoms with Crippen molar-refractivity contribution in [3.8, 4) is 0 Å². The highest BCUT2D eigenvalue weighted by molar-refractivity contribution is 7.97. The van der Waals surface area contributed by atoms with E-state index in [0.717, 1.165) is 4.90 Å². The molecule has 0 aliphatic rings. The Morgan fingerprint density at radius 2 is 1.93 bits per heavy atom. The monoisotopic (exact) mass is 225 g/mol. The molecule has 0 saturated heterocycles. The van der Waals surface area contributed by atoms with E-state index in [1.807, 2.05) is 30.3 Å². The van der Waals surface area contributed by atoms with Gasteiger partial charge in [-0.1, -0.05) is 18.2 Å². The molecule has 0 heterocycles. The lowest BCUT2D eigenvalue weighted by atomic mass is 10.1. The zero-order valence-electron chi connectivity index (χ0n) is 9.11. The van der Waals surface area contributed by atoms with Crippen LogP contribution in [0.1, 0.15) is 13.8 Å². The van der Waals surface area contributed by atoms with Gasteiger partial charge in [-0.3, -0.25) is 4.79 Å². The first-order chi connectivity index (χ1) is 7.06. The maximum atomic E-state index is 11.4. The number of rotatable bonds is 4. The van der Waals surface area contributed by atoms with Crippen LogP contribution >= 0.6 is 11.9 Å². The molecule has 0 spiro atoms. The molecular weight excluding hydrogens is 210 g/mol. The second-order valence-corrected chi connectivity index (χ2v) is 4.51. The van der Waals surface area contributed by atoms with Gasteiger partial charge in [-0.05, 0) is 37.9 Å². The van der Waals surface area contributed by atoms with Crippen molar-refractivity contribution in [1.82, 2.24) is 4.72 Å². The average molecular weight is 225 g/mol. The fourth-order valence-corrected chi connectivity index (χ4v) is 1.72. The first-order valence-corrected chi connectivity index (χ1v) is 5.45. The quantitative estimate of drug-likeness (QED) is 0.630. The van der Waals surface area contributed by atoms with Crippen molar-refractivity contribution in [3.63, 3.8) is 0 Å². The topological polar surface area (TPSA) is 38.3 Å². The van der Waals surface area contributed by atoms with Crippen LogP contribution in [0.4, 0.5) is 0 Å². The Morgan fingerprint density at radius 3 is 2.47 bits per heavy atom. The first kappa shape index (κ1) is 12.1. The molecule has 0 radical (unpaired) electrons. The highest BCUT2D eigenvalue weighted by Crippen LogP contribution is 2.18. The summed E-state index contributed by atoms with van der Waals surface area (Å²) in [5.74, 6) is -0.272. The molecule has 0 saturated carbocycles. The van der Waals surface area contributed by atoms with E-state index in [0.29, 0.717) is 0 Å². The standard InChI is InChI=1S/C11H15NO2S/c1-11(2,10(13)14-3)12-15-9-7-5-4-6-8-9/h4-8,12H,1-3H3. The third kappa shape index (κ3) is 3.57. The van der Waals surface area contributed by atoms with E-state index < -0.39 is 5.54 Å². The molecule has 4 heteroatoms. The van der Waals surface area contributed by atoms with Gasteiger partial charge in [0, 0.05) is 4.90 Å². The molecule has 15 heavy (non-hydrogen) atoms. The van der Waals surface area contributed by atoms with Crippen LogP contribution in [0, 0.1) is 0 Å². The number of hydrogen-bond acceptors (Lipinski definition) is 4. The molecule has 3 nitrogen and oxygen atoms in total. The van der Waals surface area contributed by atoms with Crippen LogP contribution in [-0.2, 0) is 9.53 Å². The van der Waals surface area contributed by atoms with Crippen molar-refractivity contribution in [2.75, 3.05) is 7.11 Å². The number of nitrogens with one attached hydrogen (secondary N) is 1. The molecule has 0 atom stereocenters. The lowest BCUT2D eigenvalue weighted by molar-refractivity contribution is -0.146. The molecule has 1 rings (SSSR count). The normalized spacial score (nSPS) is 11.1. The van der Waals surface area contributed by atoms with Crippen LogP contribution in [-0.4, -0.2) is 18.6 Å². The lowest BCUT2D eigenvalue weighted by Gasteiger charge is -2.22. The van der Waals surface area contributed by atoms with E-state index in [9.17, 15) is 4.79 Å². The second-order valence-electron chi connectivity index (χ2n) is 3.63. The average Bonchev–Trinajstić information content (AvgIpc) is 2.27. The van der Waals surface area contributed by atoms with E-state index in [4.69, 9.17) is 0 Å². The van der Waals surface area contributed by atoms with Gasteiger partial charge in [-0.25, -0.2) is 4.72 Å². The van der Waals surface area contributed by atoms with E-state index in [2.05, 4.69) is 9.46 Å². The third-order valence-electron chi connectivity index (χ3n) is 1.86. The highest BCUT2D eigenvalue weighted by Gasteiger charge is 2.28. The molecule has 1 aromatic carbocycles. The van der Waals surface area contributed by atoms with Crippen molar-refractivity contribution in [2.45, 2.75) is 24.3 Å². The van der Waals surface area contributed by atoms with Gasteiger partial charge in [-0.2, -0.15) is 0 Å². The molecule has 0 aliphatic heterocycles. The largest absolute Gasteiger partial charge is 0.468 e. The van der Waals surface area contributed by atoms with Gasteiger partial charge in [0.25, 0.3) is 0 Å². The fraction of sp³-hybridized carbons (Fsp3) is 0.364. The smallest absolute Gasteiger partial charge is 0.326 e. The maximum absolute atomic E-state index is 11.4. The van der Waals surface area contributed by atoms with E-state index in [1.54, 1.807) is 13.8 Å². The molecule has 82 valence electrons. The molecule has 1 aromatic rings. The molecule has 0 bridgehead atoms. The highest BCUT2D eigenvalue weighted by atomic mass is 32.2. The summed E-state index contributed by atoms with van der Waals surface area (Å²) in [4.78, 5) is 12.4. The van der Waals surface area contributed by atoms with Crippen LogP contribution in [0.15, 0.2) is 35.2 Å². The number of hydrogen-bond donors (Lipinski definition) is 1. The summed E-state index contributed by atoms with van der Waals surface area (Å²) in [5.41, 5.74) is -0.685. The van der Waals surface area contributed by atoms with Crippen molar-refractivity contribution in [3.05, 3.63) is 30.3 Å². The Hall–Kier alpha value is -1.00. The van der Waals surface area contributed by atoms with Crippen LogP contribution in [0.5, 0.6) is 0 Å². The fourth-order valence-electron chi connectivity index (χ4n) is 0.972. The summed E-state index contributed by atoms with van der Waals surface area (Å²) in [6, 6.07) is 9.82. The van der Waals surface area contributed by atoms with Crippen molar-refractivity contribution in [2.24, 2.45) is 0 Å². The summed E-state index contributed by atoms with van der Waals surface area (Å²) in [7, 11) is 1.39. The SMILES string of the molecule is COC(=O)C(C)(C)NSc1ccccc1. The maximum Gasteiger partial charge on any atom is 0.326 e. The Labute approximate surface area is 94.3 Å². The van der Waals surface area contributed by atoms with E-state index in [-0.39, 0.29) is 5.97 Å². The summed E-state index contributed by atoms with van der Waals surface area (Å²) in [6.07, 6.45) is 0. The summed E-state index contributed by atoms with van der Waals surface area (Å²) >= 11 is 1.42. The number of benzene rings is 1. The summed E-state index contributed by atoms with van der Waals surface area (Å²) in [5, 5.41) is 0. The minimum absolute atomic E-state index is 0.272. The van der Waals surface area contributed by atoms with E-state index >= 15 is 0 Å². The molecule has 1 N–H and O–H groups in total. The Balaban J connectivity index is 2.53. The minimum Gasteiger partial charge on any atom is -0.468 e. The second kappa shape index (κ2) is 5.19. The molecule has 0 aliphatic carbocycles. The zero-order valence-corrected chi connectivity index (χ0v) is 9.93. The Morgan fingerprint density at radius 1 is 1.33 bits per heavy atom. The van der Waals surface area contributed by atoms with Gasteiger partial charge < -0.3 is 4.74 Å². The molecule has 0 amide bonds. The predicted octanol–water partition coefficient (Wildman–Crippen LogP) is 2.23. The van der Waals surface area contributed by atoms with Crippen molar-refractivity contribution >= 4 is 17.9 Å². The Bertz CT molecular complexity index is 325. The zero-order chi connectivity index (χ0) is 11.3. The van der Waals surface area contributed by atoms with Crippen molar-refractivity contribution in [1.29, 1.82) is 0 Å². The van der Waals surface area contributed by atoms with Crippen LogP contribution in [0.25, 0.3) is 0 Å². The van der Waals surface area contributed by atoms with Gasteiger partial charge in [0.05, 0.1) is 7.11 Å².